The summed E-state index contributed by atoms with van der Waals surface area (Å²) in [6.45, 7) is 4.02. The van der Waals surface area contributed by atoms with Gasteiger partial charge in [0.2, 0.25) is 5.78 Å². The lowest BCUT2D eigenvalue weighted by molar-refractivity contribution is 0.708. The number of benzene rings is 2. The summed E-state index contributed by atoms with van der Waals surface area (Å²) in [5.74, 6) is 0.484. The molecule has 2 aromatic carbocycles. The molecule has 0 saturated carbocycles. The summed E-state index contributed by atoms with van der Waals surface area (Å²) < 4.78 is 6.09. The Morgan fingerprint density at radius 2 is 1.62 bits per heavy atom. The first-order valence-corrected chi connectivity index (χ1v) is 10.4. The SMILES string of the molecule is Cc1cc(N)c(-n2c(-c3ccc(Cl)cc3)cn3c4c(=O)n(C)c(=O)n(C)c4nc23)cc1C. The Bertz CT molecular complexity index is 1670. The lowest BCUT2D eigenvalue weighted by atomic mass is 10.1. The minimum absolute atomic E-state index is 0.312. The number of anilines is 1. The lowest BCUT2D eigenvalue weighted by Crippen LogP contribution is -2.37. The first kappa shape index (κ1) is 20.1. The molecule has 2 N–H and O–H groups in total. The number of nitrogens with two attached hydrogens (primary N) is 1. The van der Waals surface area contributed by atoms with Gasteiger partial charge in [-0.3, -0.25) is 22.9 Å². The van der Waals surface area contributed by atoms with Gasteiger partial charge in [0.1, 0.15) is 0 Å². The summed E-state index contributed by atoms with van der Waals surface area (Å²) in [6.07, 6.45) is 1.84. The standard InChI is InChI=1S/C23H21ClN6O2/c1-12-9-16(25)17(10-13(12)2)30-18(14-5-7-15(24)8-6-14)11-29-19-20(26-22(29)30)27(3)23(32)28(4)21(19)31/h5-11H,25H2,1-4H3. The molecular formula is C23H21ClN6O2. The van der Waals surface area contributed by atoms with Crippen LogP contribution < -0.4 is 17.0 Å². The Hall–Kier alpha value is -3.78. The molecule has 8 nitrogen and oxygen atoms in total. The van der Waals surface area contributed by atoms with Crippen LogP contribution in [0.15, 0.2) is 52.2 Å². The van der Waals surface area contributed by atoms with Crippen molar-refractivity contribution in [3.63, 3.8) is 0 Å². The van der Waals surface area contributed by atoms with Crippen molar-refractivity contribution in [1.29, 1.82) is 0 Å². The third-order valence-electron chi connectivity index (χ3n) is 5.99. The zero-order valence-corrected chi connectivity index (χ0v) is 18.8. The first-order chi connectivity index (χ1) is 15.2. The van der Waals surface area contributed by atoms with E-state index in [1.54, 1.807) is 11.4 Å². The van der Waals surface area contributed by atoms with E-state index in [9.17, 15) is 9.59 Å². The van der Waals surface area contributed by atoms with E-state index < -0.39 is 11.2 Å². The third kappa shape index (κ3) is 2.73. The summed E-state index contributed by atoms with van der Waals surface area (Å²) in [6, 6.07) is 11.3. The van der Waals surface area contributed by atoms with Crippen LogP contribution >= 0.6 is 11.6 Å². The molecule has 0 fully saturated rings. The van der Waals surface area contributed by atoms with Crippen molar-refractivity contribution in [1.82, 2.24) is 23.1 Å². The predicted octanol–water partition coefficient (Wildman–Crippen LogP) is 3.20. The highest BCUT2D eigenvalue weighted by molar-refractivity contribution is 6.30. The Morgan fingerprint density at radius 1 is 0.969 bits per heavy atom. The maximum absolute atomic E-state index is 13.0. The molecule has 3 aromatic heterocycles. The van der Waals surface area contributed by atoms with Gasteiger partial charge in [-0.2, -0.15) is 4.98 Å². The molecule has 3 heterocycles. The van der Waals surface area contributed by atoms with Crippen molar-refractivity contribution < 1.29 is 0 Å². The topological polar surface area (TPSA) is 92.3 Å². The monoisotopic (exact) mass is 448 g/mol. The van der Waals surface area contributed by atoms with Crippen LogP contribution in [0.5, 0.6) is 0 Å². The number of rotatable bonds is 2. The quantitative estimate of drug-likeness (QED) is 0.420. The Balaban J connectivity index is 1.99. The zero-order chi connectivity index (χ0) is 22.9. The van der Waals surface area contributed by atoms with Gasteiger partial charge in [-0.1, -0.05) is 23.7 Å². The van der Waals surface area contributed by atoms with Crippen molar-refractivity contribution in [2.75, 3.05) is 5.73 Å². The Morgan fingerprint density at radius 3 is 2.31 bits per heavy atom. The number of hydrogen-bond donors (Lipinski definition) is 1. The average Bonchev–Trinajstić information content (AvgIpc) is 3.30. The van der Waals surface area contributed by atoms with Crippen LogP contribution in [0.25, 0.3) is 33.9 Å². The predicted molar refractivity (Wildman–Crippen MR) is 127 cm³/mol. The highest BCUT2D eigenvalue weighted by atomic mass is 35.5. The number of hydrogen-bond acceptors (Lipinski definition) is 4. The van der Waals surface area contributed by atoms with Crippen molar-refractivity contribution in [3.05, 3.63) is 79.6 Å². The van der Waals surface area contributed by atoms with Crippen LogP contribution in [0, 0.1) is 13.8 Å². The van der Waals surface area contributed by atoms with Crippen LogP contribution in [0.4, 0.5) is 5.69 Å². The molecule has 9 heteroatoms. The molecule has 0 saturated heterocycles. The van der Waals surface area contributed by atoms with Gasteiger partial charge in [0.25, 0.3) is 5.56 Å². The second kappa shape index (κ2) is 6.86. The first-order valence-electron chi connectivity index (χ1n) is 10.0. The van der Waals surface area contributed by atoms with Gasteiger partial charge in [0.05, 0.1) is 17.1 Å². The number of imidazole rings is 2. The van der Waals surface area contributed by atoms with E-state index in [1.165, 1.54) is 11.6 Å². The van der Waals surface area contributed by atoms with E-state index in [4.69, 9.17) is 22.3 Å². The van der Waals surface area contributed by atoms with Gasteiger partial charge in [-0.05, 0) is 49.2 Å². The number of nitrogens with zero attached hydrogens (tertiary/aromatic N) is 5. The number of aryl methyl sites for hydroxylation is 3. The smallest absolute Gasteiger partial charge is 0.332 e. The molecule has 0 radical (unpaired) electrons. The molecule has 0 aliphatic heterocycles. The van der Waals surface area contributed by atoms with Crippen LogP contribution in [-0.4, -0.2) is 23.1 Å². The molecule has 0 aliphatic carbocycles. The molecule has 5 rings (SSSR count). The van der Waals surface area contributed by atoms with E-state index in [-0.39, 0.29) is 0 Å². The largest absolute Gasteiger partial charge is 0.397 e. The third-order valence-corrected chi connectivity index (χ3v) is 6.24. The van der Waals surface area contributed by atoms with Crippen LogP contribution in [0.3, 0.4) is 0 Å². The van der Waals surface area contributed by atoms with Crippen molar-refractivity contribution in [3.8, 4) is 16.9 Å². The molecule has 32 heavy (non-hydrogen) atoms. The number of nitrogen functional groups attached to an aromatic ring is 1. The summed E-state index contributed by atoms with van der Waals surface area (Å²) in [5, 5.41) is 0.622. The molecule has 0 bridgehead atoms. The maximum Gasteiger partial charge on any atom is 0.332 e. The fourth-order valence-corrected chi connectivity index (χ4v) is 4.18. The molecule has 162 valence electrons. The molecule has 0 aliphatic rings. The maximum atomic E-state index is 13.0. The van der Waals surface area contributed by atoms with E-state index in [2.05, 4.69) is 0 Å². The van der Waals surface area contributed by atoms with Crippen LogP contribution in [0.2, 0.25) is 5.02 Å². The van der Waals surface area contributed by atoms with Gasteiger partial charge in [-0.25, -0.2) is 4.79 Å². The minimum Gasteiger partial charge on any atom is -0.397 e. The van der Waals surface area contributed by atoms with Gasteiger partial charge >= 0.3 is 5.69 Å². The second-order valence-corrected chi connectivity index (χ2v) is 8.45. The molecule has 0 unspecified atom stereocenters. The molecule has 5 aromatic rings. The highest BCUT2D eigenvalue weighted by Gasteiger charge is 2.22. The number of fused-ring (bicyclic) bond motifs is 3. The molecule has 0 spiro atoms. The molecule has 0 amide bonds. The van der Waals surface area contributed by atoms with Gasteiger partial charge < -0.3 is 5.73 Å². The van der Waals surface area contributed by atoms with E-state index in [0.717, 1.165) is 32.6 Å². The fourth-order valence-electron chi connectivity index (χ4n) is 4.05. The molecular weight excluding hydrogens is 428 g/mol. The fraction of sp³-hybridized carbons (Fsp3) is 0.174. The van der Waals surface area contributed by atoms with Crippen LogP contribution in [-0.2, 0) is 14.1 Å². The highest BCUT2D eigenvalue weighted by Crippen LogP contribution is 2.33. The summed E-state index contributed by atoms with van der Waals surface area (Å²) in [4.78, 5) is 30.2. The normalized spacial score (nSPS) is 11.7. The Kier molecular flexibility index (Phi) is 4.32. The average molecular weight is 449 g/mol. The van der Waals surface area contributed by atoms with Crippen molar-refractivity contribution in [2.24, 2.45) is 14.1 Å². The number of aromatic nitrogens is 5. The van der Waals surface area contributed by atoms with Gasteiger partial charge in [0.15, 0.2) is 11.2 Å². The van der Waals surface area contributed by atoms with Crippen molar-refractivity contribution in [2.45, 2.75) is 13.8 Å². The summed E-state index contributed by atoms with van der Waals surface area (Å²) in [5.41, 5.74) is 11.4. The van der Waals surface area contributed by atoms with Crippen LogP contribution in [0.1, 0.15) is 11.1 Å². The zero-order valence-electron chi connectivity index (χ0n) is 18.0. The van der Waals surface area contributed by atoms with E-state index >= 15 is 0 Å². The van der Waals surface area contributed by atoms with Crippen molar-refractivity contribution >= 4 is 34.2 Å². The number of halogens is 1. The van der Waals surface area contributed by atoms with E-state index in [0.29, 0.717) is 27.7 Å². The van der Waals surface area contributed by atoms with Gasteiger partial charge in [0, 0.05) is 30.9 Å². The lowest BCUT2D eigenvalue weighted by Gasteiger charge is -2.14. The second-order valence-electron chi connectivity index (χ2n) is 8.01. The minimum atomic E-state index is -0.432. The summed E-state index contributed by atoms with van der Waals surface area (Å²) in [7, 11) is 3.06. The van der Waals surface area contributed by atoms with E-state index in [1.807, 2.05) is 61.0 Å². The Labute approximate surface area is 187 Å². The van der Waals surface area contributed by atoms with Gasteiger partial charge in [-0.15, -0.1) is 0 Å². The molecule has 0 atom stereocenters. The summed E-state index contributed by atoms with van der Waals surface area (Å²) >= 11 is 6.10.